The van der Waals surface area contributed by atoms with Gasteiger partial charge in [-0.1, -0.05) is 39.3 Å². The summed E-state index contributed by atoms with van der Waals surface area (Å²) in [5.74, 6) is -0.503. The average molecular weight is 1240 g/mol. The third kappa shape index (κ3) is 10.8. The second-order valence-corrected chi connectivity index (χ2v) is 28.6. The van der Waals surface area contributed by atoms with Gasteiger partial charge in [0.1, 0.15) is 110 Å². The minimum absolute atomic E-state index is 0.0914. The Kier molecular flexibility index (Phi) is 18.6. The largest absolute Gasteiger partial charge is 0.394 e. The highest BCUT2D eigenvalue weighted by Gasteiger charge is 2.81. The molecule has 0 aromatic carbocycles. The summed E-state index contributed by atoms with van der Waals surface area (Å²) in [6, 6.07) is 0. The van der Waals surface area contributed by atoms with E-state index in [-0.39, 0.29) is 46.0 Å². The summed E-state index contributed by atoms with van der Waals surface area (Å²) in [4.78, 5) is 0. The Morgan fingerprint density at radius 1 is 0.570 bits per heavy atom. The van der Waals surface area contributed by atoms with Gasteiger partial charge >= 0.3 is 0 Å². The summed E-state index contributed by atoms with van der Waals surface area (Å²) in [7, 11) is 0. The van der Waals surface area contributed by atoms with Crippen molar-refractivity contribution in [3.63, 3.8) is 0 Å². The molecule has 7 aliphatic heterocycles. The molecule has 7 saturated heterocycles. The number of aliphatic hydroxyl groups excluding tert-OH is 14. The van der Waals surface area contributed by atoms with Gasteiger partial charge in [0.25, 0.3) is 0 Å². The fourth-order valence-electron chi connectivity index (χ4n) is 18.6. The number of hydrogen-bond acceptors (Lipinski definition) is 27. The van der Waals surface area contributed by atoms with Gasteiger partial charge in [0.2, 0.25) is 0 Å². The molecule has 7 heterocycles. The molecule has 494 valence electrons. The van der Waals surface area contributed by atoms with Crippen LogP contribution in [0.25, 0.3) is 0 Å². The van der Waals surface area contributed by atoms with E-state index in [2.05, 4.69) is 33.8 Å². The van der Waals surface area contributed by atoms with Crippen molar-refractivity contribution in [3.05, 3.63) is 11.6 Å². The van der Waals surface area contributed by atoms with E-state index in [0.717, 1.165) is 37.7 Å². The van der Waals surface area contributed by atoms with Crippen molar-refractivity contribution < 1.29 is 133 Å². The van der Waals surface area contributed by atoms with Crippen LogP contribution in [0.1, 0.15) is 107 Å². The zero-order valence-electron chi connectivity index (χ0n) is 50.2. The van der Waals surface area contributed by atoms with Gasteiger partial charge in [-0.15, -0.1) is 0 Å². The molecule has 11 fully saturated rings. The molecule has 2 bridgehead atoms. The lowest BCUT2D eigenvalue weighted by Gasteiger charge is -2.70. The monoisotopic (exact) mass is 1240 g/mol. The normalized spacial score (nSPS) is 56.9. The number of ether oxygens (including phenoxy) is 12. The van der Waals surface area contributed by atoms with Crippen LogP contribution in [0.3, 0.4) is 0 Å². The molecule has 0 aromatic rings. The quantitative estimate of drug-likeness (QED) is 0.0597. The highest BCUT2D eigenvalue weighted by atomic mass is 16.8. The summed E-state index contributed by atoms with van der Waals surface area (Å²) >= 11 is 0. The number of allylic oxidation sites excluding steroid dienone is 1. The van der Waals surface area contributed by atoms with Gasteiger partial charge < -0.3 is 133 Å². The number of fused-ring (bicyclic) bond motifs is 4. The Morgan fingerprint density at radius 2 is 1.15 bits per heavy atom. The molecule has 27 heteroatoms. The van der Waals surface area contributed by atoms with E-state index in [0.29, 0.717) is 25.9 Å². The smallest absolute Gasteiger partial charge is 0.187 e. The minimum atomic E-state index is -2.11. The molecule has 27 nitrogen and oxygen atoms in total. The lowest BCUT2D eigenvalue weighted by Crippen LogP contribution is -2.68. The molecule has 0 amide bonds. The van der Waals surface area contributed by atoms with Crippen LogP contribution in [0.15, 0.2) is 11.6 Å². The van der Waals surface area contributed by atoms with Gasteiger partial charge in [0.05, 0.1) is 56.9 Å². The molecule has 35 atom stereocenters. The zero-order chi connectivity index (χ0) is 62.3. The Bertz CT molecular complexity index is 2380. The van der Waals surface area contributed by atoms with Crippen molar-refractivity contribution in [2.45, 2.75) is 278 Å². The van der Waals surface area contributed by atoms with Crippen LogP contribution in [0.4, 0.5) is 0 Å². The van der Waals surface area contributed by atoms with Gasteiger partial charge in [0, 0.05) is 24.2 Å². The Balaban J connectivity index is 0.877. The van der Waals surface area contributed by atoms with Gasteiger partial charge in [-0.05, 0) is 100 Å². The molecule has 0 aromatic heterocycles. The lowest BCUT2D eigenvalue weighted by atomic mass is 9.35. The van der Waals surface area contributed by atoms with Crippen molar-refractivity contribution >= 4 is 0 Å². The van der Waals surface area contributed by atoms with Gasteiger partial charge in [-0.25, -0.2) is 0 Å². The van der Waals surface area contributed by atoms with Crippen molar-refractivity contribution in [2.75, 3.05) is 33.0 Å². The van der Waals surface area contributed by atoms with Crippen LogP contribution >= 0.6 is 0 Å². The fourth-order valence-corrected chi connectivity index (χ4v) is 18.6. The van der Waals surface area contributed by atoms with Crippen molar-refractivity contribution in [3.8, 4) is 0 Å². The summed E-state index contributed by atoms with van der Waals surface area (Å²) in [5.41, 5.74) is -1.06. The van der Waals surface area contributed by atoms with E-state index >= 15 is 0 Å². The maximum absolute atomic E-state index is 12.4. The van der Waals surface area contributed by atoms with E-state index in [1.807, 2.05) is 20.8 Å². The van der Waals surface area contributed by atoms with E-state index < -0.39 is 197 Å². The number of rotatable bonds is 14. The van der Waals surface area contributed by atoms with Crippen molar-refractivity contribution in [1.29, 1.82) is 0 Å². The first-order chi connectivity index (χ1) is 40.4. The highest BCUT2D eigenvalue weighted by molar-refractivity contribution is 5.27. The maximum atomic E-state index is 12.4. The number of aliphatic hydroxyl groups is 15. The van der Waals surface area contributed by atoms with E-state index in [9.17, 15) is 76.6 Å². The molecule has 86 heavy (non-hydrogen) atoms. The Morgan fingerprint density at radius 3 is 1.80 bits per heavy atom. The van der Waals surface area contributed by atoms with Crippen LogP contribution in [-0.4, -0.2) is 281 Å². The molecule has 11 aliphatic rings. The van der Waals surface area contributed by atoms with Gasteiger partial charge in [-0.2, -0.15) is 0 Å². The average Bonchev–Trinajstić information content (AvgIpc) is 1.45. The SMILES string of the molecule is CC(C)=C[C@@H]1C[C@@](C)(O)[C@@H]2[C@@H]3CC[C@@H]4[C@@]5(C)CC[C@H](O[C@H]6OC[C@H](O)[C@@H](O[C@@H]7O[C@H](CO[C@H]8O[C@H](CO)[C@@H](O)[C@@H](O)[C@@H]8O)[C@@H](O)[C@@H](O)[C@H]7O[C@@H]7O[C@H](CO)[C@H](O)[C@H](O)[C@@H]7O)[C@@H]6O[C@H]6O[C@H](C)[C@@H](O)[C@H](O)[C@H]6O)C(C)(C)[C@@H]5CC[C@]4(C)[C@]34CO[C@]2(C4)O1. The summed E-state index contributed by atoms with van der Waals surface area (Å²) < 4.78 is 75.6. The second kappa shape index (κ2) is 24.2. The molecular weight excluding hydrogens is 1140 g/mol. The molecular formula is C59H96O27. The lowest BCUT2D eigenvalue weighted by molar-refractivity contribution is -0.403. The standard InChI is InChI=1S/C59H96O27/c1-23(2)15-25-16-57(8,74)48-26-9-10-32-55(6)13-12-33(54(4,5)31(55)11-14-56(32,7)58(26)21-59(48,86-25)77-22-58)82-52-47(85-50-43(72)38(67)34(63)24(3)78-50)45(27(62)19-75-52)83-53-46(84-51-44(73)40(69)36(65)29(18-61)80-51)41(70)37(66)30(81-53)20-76-49-42(71)39(68)35(64)28(17-60)79-49/h15,24-53,60-74H,9-14,16-22H2,1-8H3/t24-,25-,26+,27+,28-,29-,30-,31+,32-,33+,34-,35-,36+,37-,38+,39-,40+,41-,42+,43-,44+,45-,46-,47+,48+,49+,50-,51+,52-,53+,55+,56+,57-,58-,59-/m1/s1. The van der Waals surface area contributed by atoms with Gasteiger partial charge in [-0.3, -0.25) is 0 Å². The van der Waals surface area contributed by atoms with Crippen LogP contribution < -0.4 is 0 Å². The maximum Gasteiger partial charge on any atom is 0.187 e. The molecule has 0 unspecified atom stereocenters. The third-order valence-electron chi connectivity index (χ3n) is 22.9. The van der Waals surface area contributed by atoms with Crippen LogP contribution in [0.2, 0.25) is 0 Å². The highest BCUT2D eigenvalue weighted by Crippen LogP contribution is 2.80. The van der Waals surface area contributed by atoms with E-state index in [1.54, 1.807) is 0 Å². The Labute approximate surface area is 499 Å². The predicted molar refractivity (Wildman–Crippen MR) is 289 cm³/mol. The number of hydrogen-bond donors (Lipinski definition) is 15. The summed E-state index contributed by atoms with van der Waals surface area (Å²) in [6.07, 6.45) is -34.9. The van der Waals surface area contributed by atoms with Crippen molar-refractivity contribution in [2.24, 2.45) is 45.3 Å². The fraction of sp³-hybridized carbons (Fsp3) is 0.966. The Hall–Kier alpha value is -1.34. The third-order valence-corrected chi connectivity index (χ3v) is 22.9. The van der Waals surface area contributed by atoms with E-state index in [1.165, 1.54) is 6.92 Å². The molecule has 4 saturated carbocycles. The molecule has 4 aliphatic carbocycles. The van der Waals surface area contributed by atoms with Crippen LogP contribution in [-0.2, 0) is 56.8 Å². The first-order valence-corrected chi connectivity index (χ1v) is 30.9. The van der Waals surface area contributed by atoms with Crippen molar-refractivity contribution in [1.82, 2.24) is 0 Å². The molecule has 0 radical (unpaired) electrons. The summed E-state index contributed by atoms with van der Waals surface area (Å²) in [5, 5.41) is 165. The minimum Gasteiger partial charge on any atom is -0.394 e. The second-order valence-electron chi connectivity index (χ2n) is 28.6. The first-order valence-electron chi connectivity index (χ1n) is 30.9. The molecule has 15 N–H and O–H groups in total. The molecule has 11 rings (SSSR count). The first kappa shape index (κ1) is 66.1. The summed E-state index contributed by atoms with van der Waals surface area (Å²) in [6.45, 7) is 14.3. The topological polar surface area (TPSA) is 414 Å². The van der Waals surface area contributed by atoms with E-state index in [4.69, 9.17) is 56.8 Å². The van der Waals surface area contributed by atoms with Gasteiger partial charge in [0.15, 0.2) is 37.2 Å². The molecule has 2 spiro atoms. The van der Waals surface area contributed by atoms with Crippen LogP contribution in [0.5, 0.6) is 0 Å². The zero-order valence-corrected chi connectivity index (χ0v) is 50.2. The predicted octanol–water partition coefficient (Wildman–Crippen LogP) is -3.36. The van der Waals surface area contributed by atoms with Crippen LogP contribution in [0, 0.1) is 45.3 Å².